The van der Waals surface area contributed by atoms with Gasteiger partial charge in [0.15, 0.2) is 0 Å². The zero-order valence-electron chi connectivity index (χ0n) is 12.7. The fourth-order valence-electron chi connectivity index (χ4n) is 1.15. The number of rotatable bonds is 0. The van der Waals surface area contributed by atoms with E-state index in [1.165, 1.54) is 12.4 Å². The molecule has 0 bridgehead atoms. The van der Waals surface area contributed by atoms with E-state index in [1.807, 2.05) is 22.6 Å². The maximum Gasteiger partial charge on any atom is 0.325 e. The van der Waals surface area contributed by atoms with E-state index in [0.29, 0.717) is 9.13 Å². The first-order chi connectivity index (χ1) is 10.6. The van der Waals surface area contributed by atoms with E-state index >= 15 is 0 Å². The van der Waals surface area contributed by atoms with Gasteiger partial charge in [-0.1, -0.05) is 25.6 Å². The van der Waals surface area contributed by atoms with Crippen LogP contribution in [0.25, 0.3) is 0 Å². The smallest absolute Gasteiger partial charge is 0.313 e. The molecule has 122 valence electrons. The van der Waals surface area contributed by atoms with Crippen molar-refractivity contribution in [2.75, 3.05) is 0 Å². The Morgan fingerprint density at radius 1 is 0.913 bits per heavy atom. The standard InChI is InChI=1S/C9H12N2O2Si.C4H3IN2O2/c1-14(2,3)5-4-7-6-10-9(13)11-8(7)12;5-2-1-6-4(9)7-3(2)8/h6H,1-3H3,(H2,10,11,12,13);1H,(H2,6,7,8,9). The van der Waals surface area contributed by atoms with Gasteiger partial charge in [0.25, 0.3) is 11.1 Å². The Balaban J connectivity index is 0.000000253. The molecule has 4 N–H and O–H groups in total. The maximum atomic E-state index is 11.2. The zero-order valence-corrected chi connectivity index (χ0v) is 15.8. The molecule has 2 aromatic heterocycles. The molecule has 0 aromatic carbocycles. The molecule has 0 saturated carbocycles. The molecule has 0 saturated heterocycles. The number of aromatic amines is 4. The molecule has 0 aliphatic rings. The fourth-order valence-corrected chi connectivity index (χ4v) is 1.95. The van der Waals surface area contributed by atoms with Gasteiger partial charge >= 0.3 is 11.4 Å². The average molecular weight is 446 g/mol. The molecule has 0 fully saturated rings. The van der Waals surface area contributed by atoms with E-state index in [9.17, 15) is 19.2 Å². The van der Waals surface area contributed by atoms with E-state index in [0.717, 1.165) is 0 Å². The Bertz CT molecular complexity index is 969. The molecule has 0 unspecified atom stereocenters. The van der Waals surface area contributed by atoms with Gasteiger partial charge in [0, 0.05) is 12.4 Å². The minimum absolute atomic E-state index is 0.312. The second kappa shape index (κ2) is 7.93. The Kier molecular flexibility index (Phi) is 6.52. The lowest BCUT2D eigenvalue weighted by atomic mass is 10.4. The first kappa shape index (κ1) is 18.9. The molecule has 0 aliphatic heterocycles. The first-order valence-corrected chi connectivity index (χ1v) is 11.0. The van der Waals surface area contributed by atoms with Gasteiger partial charge in [-0.2, -0.15) is 0 Å². The molecule has 0 aliphatic carbocycles. The van der Waals surface area contributed by atoms with Crippen molar-refractivity contribution in [3.63, 3.8) is 0 Å². The van der Waals surface area contributed by atoms with E-state index < -0.39 is 25.0 Å². The van der Waals surface area contributed by atoms with Gasteiger partial charge in [-0.25, -0.2) is 9.59 Å². The molecule has 10 heteroatoms. The SMILES string of the molecule is C[Si](C)(C)C#Cc1c[nH]c(=O)[nH]c1=O.O=c1[nH]cc(I)c(=O)[nH]1. The van der Waals surface area contributed by atoms with Crippen LogP contribution < -0.4 is 22.5 Å². The maximum absolute atomic E-state index is 11.2. The van der Waals surface area contributed by atoms with Gasteiger partial charge in [-0.3, -0.25) is 19.6 Å². The summed E-state index contributed by atoms with van der Waals surface area (Å²) in [6.07, 6.45) is 2.70. The highest BCUT2D eigenvalue weighted by Crippen LogP contribution is 1.96. The molecule has 0 amide bonds. The Morgan fingerprint density at radius 2 is 1.43 bits per heavy atom. The number of nitrogens with one attached hydrogen (secondary N) is 4. The van der Waals surface area contributed by atoms with Crippen molar-refractivity contribution in [2.45, 2.75) is 19.6 Å². The predicted molar refractivity (Wildman–Crippen MR) is 98.3 cm³/mol. The second-order valence-electron chi connectivity index (χ2n) is 5.41. The summed E-state index contributed by atoms with van der Waals surface area (Å²) in [6.45, 7) is 6.25. The van der Waals surface area contributed by atoms with Gasteiger partial charge in [-0.05, 0) is 22.6 Å². The van der Waals surface area contributed by atoms with Crippen LogP contribution in [0.15, 0.2) is 31.6 Å². The fraction of sp³-hybridized carbons (Fsp3) is 0.231. The third kappa shape index (κ3) is 7.11. The Morgan fingerprint density at radius 3 is 1.87 bits per heavy atom. The average Bonchev–Trinajstić information content (AvgIpc) is 2.42. The summed E-state index contributed by atoms with van der Waals surface area (Å²) in [4.78, 5) is 51.7. The van der Waals surface area contributed by atoms with Gasteiger partial charge < -0.3 is 9.97 Å². The predicted octanol–water partition coefficient (Wildman–Crippen LogP) is -0.0401. The lowest BCUT2D eigenvalue weighted by Crippen LogP contribution is -2.24. The van der Waals surface area contributed by atoms with Crippen LogP contribution in [0.2, 0.25) is 19.6 Å². The second-order valence-corrected chi connectivity index (χ2v) is 11.3. The summed E-state index contributed by atoms with van der Waals surface area (Å²) in [5.74, 6) is 2.78. The topological polar surface area (TPSA) is 131 Å². The summed E-state index contributed by atoms with van der Waals surface area (Å²) < 4.78 is 0.479. The van der Waals surface area contributed by atoms with Crippen molar-refractivity contribution in [2.24, 2.45) is 0 Å². The highest BCUT2D eigenvalue weighted by atomic mass is 127. The minimum Gasteiger partial charge on any atom is -0.313 e. The lowest BCUT2D eigenvalue weighted by molar-refractivity contribution is 1.02. The number of halogens is 1. The van der Waals surface area contributed by atoms with Crippen LogP contribution in [0.5, 0.6) is 0 Å². The lowest BCUT2D eigenvalue weighted by Gasteiger charge is -2.02. The first-order valence-electron chi connectivity index (χ1n) is 6.41. The molecule has 0 atom stereocenters. The van der Waals surface area contributed by atoms with Crippen LogP contribution in [0.3, 0.4) is 0 Å². The molecule has 8 nitrogen and oxygen atoms in total. The third-order valence-electron chi connectivity index (χ3n) is 2.17. The summed E-state index contributed by atoms with van der Waals surface area (Å²) in [5, 5.41) is 0. The zero-order chi connectivity index (χ0) is 17.6. The number of hydrogen-bond donors (Lipinski definition) is 4. The van der Waals surface area contributed by atoms with Crippen molar-refractivity contribution in [1.29, 1.82) is 0 Å². The highest BCUT2D eigenvalue weighted by molar-refractivity contribution is 14.1. The van der Waals surface area contributed by atoms with Crippen LogP contribution in [-0.4, -0.2) is 28.0 Å². The van der Waals surface area contributed by atoms with Crippen LogP contribution in [0.1, 0.15) is 5.56 Å². The molecule has 0 spiro atoms. The molecule has 0 radical (unpaired) electrons. The van der Waals surface area contributed by atoms with Crippen molar-refractivity contribution < 1.29 is 0 Å². The summed E-state index contributed by atoms with van der Waals surface area (Å²) in [5.41, 5.74) is 1.60. The summed E-state index contributed by atoms with van der Waals surface area (Å²) >= 11 is 1.83. The van der Waals surface area contributed by atoms with Gasteiger partial charge in [0.2, 0.25) is 0 Å². The third-order valence-corrected chi connectivity index (χ3v) is 3.84. The Labute approximate surface area is 144 Å². The normalized spacial score (nSPS) is 10.1. The molecule has 2 rings (SSSR count). The minimum atomic E-state index is -1.48. The summed E-state index contributed by atoms with van der Waals surface area (Å²) in [6, 6.07) is 0. The van der Waals surface area contributed by atoms with Crippen molar-refractivity contribution >= 4 is 30.7 Å². The number of H-pyrrole nitrogens is 4. The highest BCUT2D eigenvalue weighted by Gasteiger charge is 2.07. The van der Waals surface area contributed by atoms with Gasteiger partial charge in [-0.15, -0.1) is 5.54 Å². The number of aromatic nitrogens is 4. The summed E-state index contributed by atoms with van der Waals surface area (Å²) in [7, 11) is -1.48. The molecular formula is C13H15IN4O4Si. The van der Waals surface area contributed by atoms with E-state index in [1.54, 1.807) is 0 Å². The van der Waals surface area contributed by atoms with Crippen molar-refractivity contribution in [3.8, 4) is 11.5 Å². The van der Waals surface area contributed by atoms with Crippen LogP contribution in [0, 0.1) is 15.0 Å². The molecule has 2 heterocycles. The largest absolute Gasteiger partial charge is 0.325 e. The molecule has 2 aromatic rings. The van der Waals surface area contributed by atoms with Gasteiger partial charge in [0.05, 0.1) is 3.57 Å². The van der Waals surface area contributed by atoms with E-state index in [2.05, 4.69) is 51.0 Å². The van der Waals surface area contributed by atoms with Crippen molar-refractivity contribution in [1.82, 2.24) is 19.9 Å². The quantitative estimate of drug-likeness (QED) is 0.257. The molecular weight excluding hydrogens is 431 g/mol. The van der Waals surface area contributed by atoms with Crippen LogP contribution >= 0.6 is 22.6 Å². The number of hydrogen-bond acceptors (Lipinski definition) is 4. The van der Waals surface area contributed by atoms with Crippen LogP contribution in [0.4, 0.5) is 0 Å². The van der Waals surface area contributed by atoms with Gasteiger partial charge in [0.1, 0.15) is 13.6 Å². The van der Waals surface area contributed by atoms with E-state index in [4.69, 9.17) is 0 Å². The van der Waals surface area contributed by atoms with Crippen molar-refractivity contribution in [3.05, 3.63) is 63.2 Å². The van der Waals surface area contributed by atoms with Crippen LogP contribution in [-0.2, 0) is 0 Å². The Hall–Kier alpha value is -2.13. The van der Waals surface area contributed by atoms with E-state index in [-0.39, 0.29) is 5.56 Å². The molecule has 23 heavy (non-hydrogen) atoms. The monoisotopic (exact) mass is 446 g/mol.